The van der Waals surface area contributed by atoms with Crippen LogP contribution < -0.4 is 14.8 Å². The second-order valence-corrected chi connectivity index (χ2v) is 9.38. The molecule has 0 spiro atoms. The summed E-state index contributed by atoms with van der Waals surface area (Å²) in [5, 5.41) is 3.16. The van der Waals surface area contributed by atoms with Crippen LogP contribution in [0.15, 0.2) is 30.9 Å². The number of ether oxygens (including phenoxy) is 3. The Kier molecular flexibility index (Phi) is 9.16. The van der Waals surface area contributed by atoms with Gasteiger partial charge >= 0.3 is 6.03 Å². The van der Waals surface area contributed by atoms with Crippen LogP contribution in [-0.2, 0) is 4.74 Å². The third kappa shape index (κ3) is 6.49. The molecular formula is C27H38N6O4. The molecule has 2 atom stereocenters. The molecular weight excluding hydrogens is 472 g/mol. The molecule has 0 saturated carbocycles. The van der Waals surface area contributed by atoms with Crippen molar-refractivity contribution in [1.82, 2.24) is 29.6 Å². The van der Waals surface area contributed by atoms with Crippen LogP contribution in [0.2, 0.25) is 0 Å². The molecule has 4 rings (SSSR count). The topological polar surface area (TPSA) is 103 Å². The molecule has 0 aromatic carbocycles. The Morgan fingerprint density at radius 2 is 1.97 bits per heavy atom. The number of nitrogens with one attached hydrogen (secondary N) is 1. The van der Waals surface area contributed by atoms with Gasteiger partial charge in [0, 0.05) is 56.4 Å². The maximum Gasteiger partial charge on any atom is 0.318 e. The summed E-state index contributed by atoms with van der Waals surface area (Å²) in [6, 6.07) is 1.68. The molecule has 2 amide bonds. The van der Waals surface area contributed by atoms with Gasteiger partial charge in [-0.1, -0.05) is 12.8 Å². The number of hydrogen-bond acceptors (Lipinski definition) is 7. The van der Waals surface area contributed by atoms with E-state index in [-0.39, 0.29) is 18.1 Å². The molecule has 3 aromatic rings. The summed E-state index contributed by atoms with van der Waals surface area (Å²) in [7, 11) is 1.61. The van der Waals surface area contributed by atoms with Crippen LogP contribution >= 0.6 is 0 Å². The number of imidazole rings is 1. The van der Waals surface area contributed by atoms with Crippen molar-refractivity contribution in [3.8, 4) is 22.9 Å². The smallest absolute Gasteiger partial charge is 0.318 e. The predicted molar refractivity (Wildman–Crippen MR) is 141 cm³/mol. The number of nitrogens with zero attached hydrogens (tertiary/aromatic N) is 5. The van der Waals surface area contributed by atoms with Crippen LogP contribution in [0.5, 0.6) is 11.6 Å². The second kappa shape index (κ2) is 12.7. The first-order valence-electron chi connectivity index (χ1n) is 13.2. The average molecular weight is 511 g/mol. The number of aromatic nitrogens is 4. The van der Waals surface area contributed by atoms with Gasteiger partial charge in [-0.2, -0.15) is 0 Å². The summed E-state index contributed by atoms with van der Waals surface area (Å²) in [5.74, 6) is 1.03. The average Bonchev–Trinajstić information content (AvgIpc) is 3.38. The lowest BCUT2D eigenvalue weighted by Crippen LogP contribution is -2.45. The summed E-state index contributed by atoms with van der Waals surface area (Å²) < 4.78 is 19.4. The molecule has 0 radical (unpaired) electrons. The Hall–Kier alpha value is -3.40. The molecule has 4 bridgehead atoms. The Bertz CT molecular complexity index is 1180. The van der Waals surface area contributed by atoms with E-state index in [0.29, 0.717) is 42.7 Å². The van der Waals surface area contributed by atoms with E-state index in [2.05, 4.69) is 22.2 Å². The van der Waals surface area contributed by atoms with Crippen LogP contribution in [0.25, 0.3) is 16.9 Å². The van der Waals surface area contributed by atoms with E-state index in [9.17, 15) is 4.79 Å². The largest absolute Gasteiger partial charge is 0.494 e. The molecule has 0 saturated heterocycles. The van der Waals surface area contributed by atoms with Gasteiger partial charge in [-0.3, -0.25) is 4.98 Å². The first kappa shape index (κ1) is 26.7. The van der Waals surface area contributed by atoms with Gasteiger partial charge in [-0.25, -0.2) is 14.8 Å². The molecule has 10 heteroatoms. The lowest BCUT2D eigenvalue weighted by atomic mass is 10.1. The first-order valence-corrected chi connectivity index (χ1v) is 13.2. The number of amides is 2. The van der Waals surface area contributed by atoms with Gasteiger partial charge in [0.05, 0.1) is 37.3 Å². The van der Waals surface area contributed by atoms with Gasteiger partial charge in [-0.05, 0) is 39.7 Å². The van der Waals surface area contributed by atoms with Crippen LogP contribution in [-0.4, -0.2) is 69.8 Å². The Balaban J connectivity index is 1.71. The third-order valence-corrected chi connectivity index (χ3v) is 6.69. The number of hydrogen-bond donors (Lipinski definition) is 1. The number of fused-ring (bicyclic) bond motifs is 7. The van der Waals surface area contributed by atoms with E-state index in [4.69, 9.17) is 19.2 Å². The van der Waals surface area contributed by atoms with Crippen molar-refractivity contribution in [2.24, 2.45) is 0 Å². The van der Waals surface area contributed by atoms with Gasteiger partial charge in [0.15, 0.2) is 0 Å². The first-order chi connectivity index (χ1) is 18.0. The SMILES string of the molecule is CCN1C(=O)N[C@@H](C)CCCCCOCCCOc2nc(cn3ccnc23)-c2cc(ncc2OC)[C@H]1C. The summed E-state index contributed by atoms with van der Waals surface area (Å²) in [6.07, 6.45) is 12.0. The van der Waals surface area contributed by atoms with Crippen molar-refractivity contribution in [3.05, 3.63) is 36.5 Å². The fraction of sp³-hybridized carbons (Fsp3) is 0.556. The van der Waals surface area contributed by atoms with Gasteiger partial charge in [0.25, 0.3) is 5.88 Å². The van der Waals surface area contributed by atoms with Crippen molar-refractivity contribution < 1.29 is 19.0 Å². The number of urea groups is 1. The maximum absolute atomic E-state index is 13.2. The number of pyridine rings is 1. The monoisotopic (exact) mass is 510 g/mol. The van der Waals surface area contributed by atoms with Crippen molar-refractivity contribution in [2.75, 3.05) is 33.5 Å². The normalized spacial score (nSPS) is 20.5. The molecule has 4 heterocycles. The maximum atomic E-state index is 13.2. The zero-order valence-electron chi connectivity index (χ0n) is 22.3. The minimum Gasteiger partial charge on any atom is -0.494 e. The van der Waals surface area contributed by atoms with Gasteiger partial charge < -0.3 is 28.8 Å². The summed E-state index contributed by atoms with van der Waals surface area (Å²) in [6.45, 7) is 8.41. The van der Waals surface area contributed by atoms with Crippen LogP contribution in [0.1, 0.15) is 64.6 Å². The standard InChI is InChI=1S/C27H38N6O4/c1-5-33-20(3)22-16-21(24(35-4)17-29-22)23-18-32-12-11-28-25(32)26(31-23)37-15-9-14-36-13-8-6-7-10-19(2)30-27(33)34/h11-12,16-20H,5-10,13-15H2,1-4H3,(H,30,34)/t19-,20+/m0/s1. The Morgan fingerprint density at radius 3 is 2.78 bits per heavy atom. The van der Waals surface area contributed by atoms with E-state index >= 15 is 0 Å². The highest BCUT2D eigenvalue weighted by Gasteiger charge is 2.24. The zero-order chi connectivity index (χ0) is 26.2. The zero-order valence-corrected chi connectivity index (χ0v) is 22.3. The van der Waals surface area contributed by atoms with Gasteiger partial charge in [-0.15, -0.1) is 0 Å². The van der Waals surface area contributed by atoms with E-state index in [0.717, 1.165) is 50.0 Å². The third-order valence-electron chi connectivity index (χ3n) is 6.69. The number of rotatable bonds is 2. The van der Waals surface area contributed by atoms with Crippen LogP contribution in [0, 0.1) is 0 Å². The summed E-state index contributed by atoms with van der Waals surface area (Å²) in [5.41, 5.74) is 2.82. The van der Waals surface area contributed by atoms with E-state index in [1.54, 1.807) is 24.4 Å². The van der Waals surface area contributed by atoms with Gasteiger partial charge in [0.1, 0.15) is 5.75 Å². The number of methoxy groups -OCH3 is 1. The molecule has 1 aliphatic rings. The summed E-state index contributed by atoms with van der Waals surface area (Å²) in [4.78, 5) is 28.8. The fourth-order valence-electron chi connectivity index (χ4n) is 4.56. The highest BCUT2D eigenvalue weighted by Crippen LogP contribution is 2.33. The molecule has 1 N–H and O–H groups in total. The lowest BCUT2D eigenvalue weighted by Gasteiger charge is -2.29. The predicted octanol–water partition coefficient (Wildman–Crippen LogP) is 4.64. The van der Waals surface area contributed by atoms with Crippen molar-refractivity contribution in [2.45, 2.75) is 65.0 Å². The highest BCUT2D eigenvalue weighted by atomic mass is 16.5. The highest BCUT2D eigenvalue weighted by molar-refractivity contribution is 5.75. The van der Waals surface area contributed by atoms with E-state index < -0.39 is 0 Å². The van der Waals surface area contributed by atoms with Crippen LogP contribution in [0.3, 0.4) is 0 Å². The molecule has 10 nitrogen and oxygen atoms in total. The Labute approximate surface area is 218 Å². The minimum absolute atomic E-state index is 0.0878. The van der Waals surface area contributed by atoms with Crippen molar-refractivity contribution in [3.63, 3.8) is 0 Å². The van der Waals surface area contributed by atoms with Crippen LogP contribution in [0.4, 0.5) is 4.79 Å². The quantitative estimate of drug-likeness (QED) is 0.536. The summed E-state index contributed by atoms with van der Waals surface area (Å²) >= 11 is 0. The van der Waals surface area contributed by atoms with E-state index in [1.165, 1.54) is 0 Å². The number of carbonyl (C=O) groups excluding carboxylic acids is 1. The minimum atomic E-state index is -0.249. The lowest BCUT2D eigenvalue weighted by molar-refractivity contribution is 0.115. The Morgan fingerprint density at radius 1 is 1.14 bits per heavy atom. The van der Waals surface area contributed by atoms with Crippen molar-refractivity contribution >= 4 is 11.7 Å². The van der Waals surface area contributed by atoms with Gasteiger partial charge in [0.2, 0.25) is 5.65 Å². The molecule has 200 valence electrons. The molecule has 37 heavy (non-hydrogen) atoms. The second-order valence-electron chi connectivity index (χ2n) is 9.38. The molecule has 1 aliphatic heterocycles. The number of carbonyl (C=O) groups is 1. The molecule has 0 aliphatic carbocycles. The van der Waals surface area contributed by atoms with Crippen molar-refractivity contribution in [1.29, 1.82) is 0 Å². The molecule has 0 unspecified atom stereocenters. The van der Waals surface area contributed by atoms with E-state index in [1.807, 2.05) is 36.7 Å². The molecule has 3 aromatic heterocycles. The molecule has 0 fully saturated rings. The fourth-order valence-corrected chi connectivity index (χ4v) is 4.56.